The summed E-state index contributed by atoms with van der Waals surface area (Å²) in [6.45, 7) is 0.680. The second-order valence-corrected chi connectivity index (χ2v) is 11.0. The summed E-state index contributed by atoms with van der Waals surface area (Å²) in [5, 5.41) is 7.35. The highest BCUT2D eigenvalue weighted by molar-refractivity contribution is 5.94. The Kier molecular flexibility index (Phi) is 5.65. The molecular formula is C28H29F3N4O. The summed E-state index contributed by atoms with van der Waals surface area (Å²) in [7, 11) is 0. The molecule has 6 rings (SSSR count). The minimum atomic E-state index is -4.58. The Morgan fingerprint density at radius 2 is 1.92 bits per heavy atom. The van der Waals surface area contributed by atoms with Crippen molar-refractivity contribution >= 4 is 5.91 Å². The van der Waals surface area contributed by atoms with Crippen molar-refractivity contribution in [1.82, 2.24) is 20.1 Å². The number of aromatic nitrogens is 3. The van der Waals surface area contributed by atoms with E-state index in [1.165, 1.54) is 63.3 Å². The van der Waals surface area contributed by atoms with E-state index in [0.29, 0.717) is 17.7 Å². The molecule has 3 fully saturated rings. The van der Waals surface area contributed by atoms with Crippen molar-refractivity contribution in [3.63, 3.8) is 0 Å². The van der Waals surface area contributed by atoms with E-state index >= 15 is 0 Å². The molecule has 3 aliphatic carbocycles. The lowest BCUT2D eigenvalue weighted by Crippen LogP contribution is -2.41. The Morgan fingerprint density at radius 3 is 2.67 bits per heavy atom. The molecular weight excluding hydrogens is 465 g/mol. The Balaban J connectivity index is 1.19. The number of benzene rings is 1. The van der Waals surface area contributed by atoms with Gasteiger partial charge in [0.25, 0.3) is 5.91 Å². The molecule has 0 radical (unpaired) electrons. The quantitative estimate of drug-likeness (QED) is 0.454. The second kappa shape index (κ2) is 8.75. The van der Waals surface area contributed by atoms with Gasteiger partial charge in [0.1, 0.15) is 5.69 Å². The number of hydrogen-bond acceptors (Lipinski definition) is 3. The summed E-state index contributed by atoms with van der Waals surface area (Å²) < 4.78 is 42.2. The Morgan fingerprint density at radius 1 is 1.11 bits per heavy atom. The molecule has 4 atom stereocenters. The van der Waals surface area contributed by atoms with Crippen molar-refractivity contribution in [2.24, 2.45) is 23.2 Å². The van der Waals surface area contributed by atoms with E-state index in [1.54, 1.807) is 30.5 Å². The van der Waals surface area contributed by atoms with Gasteiger partial charge >= 0.3 is 6.18 Å². The number of alkyl halides is 3. The fourth-order valence-electron chi connectivity index (χ4n) is 7.09. The number of rotatable bonds is 5. The molecule has 36 heavy (non-hydrogen) atoms. The van der Waals surface area contributed by atoms with Crippen LogP contribution in [0.15, 0.2) is 54.9 Å². The fraction of sp³-hybridized carbons (Fsp3) is 0.464. The molecule has 0 aliphatic heterocycles. The predicted molar refractivity (Wildman–Crippen MR) is 129 cm³/mol. The molecule has 0 spiro atoms. The van der Waals surface area contributed by atoms with Crippen LogP contribution in [0.25, 0.3) is 16.9 Å². The minimum absolute atomic E-state index is 0.179. The average molecular weight is 495 g/mol. The third kappa shape index (κ3) is 4.31. The van der Waals surface area contributed by atoms with Crippen molar-refractivity contribution < 1.29 is 18.0 Å². The number of carbonyl (C=O) groups is 1. The number of carbonyl (C=O) groups excluding carboxylic acids is 1. The van der Waals surface area contributed by atoms with Crippen molar-refractivity contribution in [2.45, 2.75) is 51.1 Å². The second-order valence-electron chi connectivity index (χ2n) is 11.0. The van der Waals surface area contributed by atoms with Crippen LogP contribution in [0, 0.1) is 23.2 Å². The van der Waals surface area contributed by atoms with Crippen LogP contribution in [0.5, 0.6) is 0 Å². The lowest BCUT2D eigenvalue weighted by Gasteiger charge is -2.40. The van der Waals surface area contributed by atoms with E-state index in [2.05, 4.69) is 15.4 Å². The number of hydrogen-bond donors (Lipinski definition) is 1. The molecule has 1 amide bonds. The van der Waals surface area contributed by atoms with Crippen molar-refractivity contribution in [3.8, 4) is 16.9 Å². The number of nitrogens with zero attached hydrogens (tertiary/aromatic N) is 3. The maximum absolute atomic E-state index is 13.8. The number of amides is 1. The van der Waals surface area contributed by atoms with E-state index < -0.39 is 11.9 Å². The summed E-state index contributed by atoms with van der Waals surface area (Å²) in [4.78, 5) is 16.9. The highest BCUT2D eigenvalue weighted by Gasteiger charge is 2.49. The maximum atomic E-state index is 13.8. The third-order valence-corrected chi connectivity index (χ3v) is 8.59. The van der Waals surface area contributed by atoms with E-state index in [4.69, 9.17) is 0 Å². The van der Waals surface area contributed by atoms with E-state index in [0.717, 1.165) is 28.5 Å². The molecule has 3 aromatic rings. The van der Waals surface area contributed by atoms with Gasteiger partial charge in [0.05, 0.1) is 11.4 Å². The SMILES string of the molecule is O=C(NC[C@]12CCC[C@H]3C[C@@H](CC3C1)C2)c1ccc(-n2nc(-c3cccnc3)cc2C(F)(F)F)cc1. The van der Waals surface area contributed by atoms with Gasteiger partial charge in [0.15, 0.2) is 0 Å². The van der Waals surface area contributed by atoms with Gasteiger partial charge in [-0.15, -0.1) is 0 Å². The number of pyridine rings is 1. The first kappa shape index (κ1) is 23.3. The monoisotopic (exact) mass is 494 g/mol. The van der Waals surface area contributed by atoms with Crippen molar-refractivity contribution in [2.75, 3.05) is 6.54 Å². The Labute approximate surface area is 208 Å². The predicted octanol–water partition coefficient (Wildman–Crippen LogP) is 6.29. The summed E-state index contributed by atoms with van der Waals surface area (Å²) in [5.74, 6) is 2.32. The molecule has 0 saturated heterocycles. The smallest absolute Gasteiger partial charge is 0.351 e. The topological polar surface area (TPSA) is 59.8 Å². The molecule has 1 aromatic carbocycles. The van der Waals surface area contributed by atoms with Crippen molar-refractivity contribution in [3.05, 3.63) is 66.1 Å². The van der Waals surface area contributed by atoms with Gasteiger partial charge in [-0.05, 0) is 97.7 Å². The van der Waals surface area contributed by atoms with Crippen LogP contribution in [0.4, 0.5) is 13.2 Å². The Hall–Kier alpha value is -3.16. The summed E-state index contributed by atoms with van der Waals surface area (Å²) >= 11 is 0. The van der Waals surface area contributed by atoms with Crippen LogP contribution < -0.4 is 5.32 Å². The summed E-state index contributed by atoms with van der Waals surface area (Å²) in [6.07, 6.45) is 7.33. The third-order valence-electron chi connectivity index (χ3n) is 8.59. The zero-order valence-electron chi connectivity index (χ0n) is 20.0. The van der Waals surface area contributed by atoms with Gasteiger partial charge in [0.2, 0.25) is 0 Å². The first-order valence-corrected chi connectivity index (χ1v) is 12.8. The lowest BCUT2D eigenvalue weighted by atomic mass is 9.67. The van der Waals surface area contributed by atoms with Crippen LogP contribution in [0.3, 0.4) is 0 Å². The van der Waals surface area contributed by atoms with Crippen LogP contribution in [-0.2, 0) is 6.18 Å². The molecule has 1 unspecified atom stereocenters. The largest absolute Gasteiger partial charge is 0.433 e. The molecule has 5 nitrogen and oxygen atoms in total. The molecule has 8 heteroatoms. The maximum Gasteiger partial charge on any atom is 0.433 e. The molecule has 1 N–H and O–H groups in total. The molecule has 3 saturated carbocycles. The number of halogens is 3. The summed E-state index contributed by atoms with van der Waals surface area (Å²) in [5.41, 5.74) is 0.686. The van der Waals surface area contributed by atoms with Crippen LogP contribution in [0.1, 0.15) is 61.0 Å². The molecule has 2 heterocycles. The molecule has 3 bridgehead atoms. The van der Waals surface area contributed by atoms with Crippen LogP contribution in [0.2, 0.25) is 0 Å². The van der Waals surface area contributed by atoms with E-state index in [-0.39, 0.29) is 22.7 Å². The zero-order chi connectivity index (χ0) is 24.9. The lowest BCUT2D eigenvalue weighted by molar-refractivity contribution is -0.142. The standard InChI is InChI=1S/C28H29F3N4O/c29-28(30,31)25-13-24(21-4-2-10-32-16-21)34-35(25)23-7-5-19(6-8-23)26(36)33-17-27-9-1-3-20-11-18(14-27)12-22(20)15-27/h2,4-8,10,13,16,18,20,22H,1,3,9,11-12,14-15,17H2,(H,33,36)/t18-,20-,22?,27-/m0/s1. The number of fused-ring (bicyclic) bond motifs is 2. The van der Waals surface area contributed by atoms with Gasteiger partial charge in [-0.2, -0.15) is 18.3 Å². The minimum Gasteiger partial charge on any atom is -0.351 e. The highest BCUT2D eigenvalue weighted by atomic mass is 19.4. The van der Waals surface area contributed by atoms with Gasteiger partial charge in [-0.1, -0.05) is 12.8 Å². The van der Waals surface area contributed by atoms with Crippen LogP contribution >= 0.6 is 0 Å². The molecule has 188 valence electrons. The normalized spacial score (nSPS) is 27.1. The molecule has 2 aromatic heterocycles. The van der Waals surface area contributed by atoms with E-state index in [1.807, 2.05) is 0 Å². The Bertz CT molecular complexity index is 1250. The van der Waals surface area contributed by atoms with Gasteiger partial charge in [0, 0.05) is 30.1 Å². The average Bonchev–Trinajstić information content (AvgIpc) is 3.41. The first-order chi connectivity index (χ1) is 17.3. The van der Waals surface area contributed by atoms with Gasteiger partial charge < -0.3 is 5.32 Å². The highest BCUT2D eigenvalue weighted by Crippen LogP contribution is 2.58. The van der Waals surface area contributed by atoms with Gasteiger partial charge in [-0.25, -0.2) is 4.68 Å². The first-order valence-electron chi connectivity index (χ1n) is 12.8. The molecule has 3 aliphatic rings. The summed E-state index contributed by atoms with van der Waals surface area (Å²) in [6, 6.07) is 10.5. The zero-order valence-corrected chi connectivity index (χ0v) is 20.0. The fourth-order valence-corrected chi connectivity index (χ4v) is 7.09. The number of nitrogens with one attached hydrogen (secondary N) is 1. The van der Waals surface area contributed by atoms with Crippen LogP contribution in [-0.4, -0.2) is 27.2 Å². The van der Waals surface area contributed by atoms with Crippen molar-refractivity contribution in [1.29, 1.82) is 0 Å². The van der Waals surface area contributed by atoms with Gasteiger partial charge in [-0.3, -0.25) is 9.78 Å². The van der Waals surface area contributed by atoms with E-state index in [9.17, 15) is 18.0 Å².